The van der Waals surface area contributed by atoms with Crippen molar-refractivity contribution in [3.05, 3.63) is 85.2 Å². The van der Waals surface area contributed by atoms with E-state index >= 15 is 0 Å². The topological polar surface area (TPSA) is 44.2 Å². The van der Waals surface area contributed by atoms with Crippen molar-refractivity contribution in [1.29, 1.82) is 0 Å². The molecule has 0 spiro atoms. The van der Waals surface area contributed by atoms with E-state index in [1.54, 1.807) is 12.4 Å². The van der Waals surface area contributed by atoms with E-state index in [1.165, 1.54) is 0 Å². The Morgan fingerprint density at radius 1 is 0.615 bits per heavy atom. The molecule has 4 nitrogen and oxygen atoms in total. The summed E-state index contributed by atoms with van der Waals surface area (Å²) in [5.41, 5.74) is 1.75. The second kappa shape index (κ2) is 7.66. The first-order chi connectivity index (χ1) is 12.9. The molecular formula is C22H18N2O2. The lowest BCUT2D eigenvalue weighted by Crippen LogP contribution is -1.98. The Morgan fingerprint density at radius 2 is 1.08 bits per heavy atom. The van der Waals surface area contributed by atoms with Gasteiger partial charge < -0.3 is 9.47 Å². The number of para-hydroxylation sites is 2. The van der Waals surface area contributed by atoms with Gasteiger partial charge in [-0.15, -0.1) is 0 Å². The third-order valence-corrected chi connectivity index (χ3v) is 4.03. The molecule has 0 amide bonds. The van der Waals surface area contributed by atoms with Gasteiger partial charge >= 0.3 is 0 Å². The van der Waals surface area contributed by atoms with E-state index in [-0.39, 0.29) is 0 Å². The van der Waals surface area contributed by atoms with E-state index in [0.717, 1.165) is 33.3 Å². The lowest BCUT2D eigenvalue weighted by molar-refractivity contribution is 0.354. The van der Waals surface area contributed by atoms with Crippen molar-refractivity contribution in [3.63, 3.8) is 0 Å². The Kier molecular flexibility index (Phi) is 4.74. The first-order valence-electron chi connectivity index (χ1n) is 8.50. The Bertz CT molecular complexity index is 964. The van der Waals surface area contributed by atoms with Gasteiger partial charge in [0.2, 0.25) is 0 Å². The van der Waals surface area contributed by atoms with Gasteiger partial charge in [0.1, 0.15) is 35.7 Å². The van der Waals surface area contributed by atoms with E-state index in [1.807, 2.05) is 72.8 Å². The zero-order valence-electron chi connectivity index (χ0n) is 14.2. The molecule has 128 valence electrons. The predicted molar refractivity (Wildman–Crippen MR) is 104 cm³/mol. The Hall–Kier alpha value is -3.40. The van der Waals surface area contributed by atoms with Gasteiger partial charge in [-0.3, -0.25) is 9.97 Å². The van der Waals surface area contributed by atoms with Crippen LogP contribution in [0.3, 0.4) is 0 Å². The summed E-state index contributed by atoms with van der Waals surface area (Å²) in [7, 11) is 0. The van der Waals surface area contributed by atoms with Crippen molar-refractivity contribution in [1.82, 2.24) is 9.97 Å². The van der Waals surface area contributed by atoms with Crippen molar-refractivity contribution in [2.24, 2.45) is 0 Å². The fourth-order valence-electron chi connectivity index (χ4n) is 2.80. The highest BCUT2D eigenvalue weighted by Crippen LogP contribution is 2.23. The number of ether oxygens (including phenoxy) is 2. The molecule has 2 aromatic heterocycles. The third-order valence-electron chi connectivity index (χ3n) is 4.03. The second-order valence-electron chi connectivity index (χ2n) is 5.76. The number of aromatic nitrogens is 2. The Labute approximate surface area is 151 Å². The van der Waals surface area contributed by atoms with E-state index in [9.17, 15) is 0 Å². The summed E-state index contributed by atoms with van der Waals surface area (Å²) >= 11 is 0. The van der Waals surface area contributed by atoms with Crippen LogP contribution in [-0.4, -0.2) is 23.2 Å². The van der Waals surface area contributed by atoms with Gasteiger partial charge in [-0.05, 0) is 36.4 Å². The van der Waals surface area contributed by atoms with Gasteiger partial charge in [-0.2, -0.15) is 0 Å². The zero-order valence-corrected chi connectivity index (χ0v) is 14.2. The minimum Gasteiger partial charge on any atom is -0.487 e. The quantitative estimate of drug-likeness (QED) is 0.472. The number of benzene rings is 2. The van der Waals surface area contributed by atoms with Crippen LogP contribution in [0.2, 0.25) is 0 Å². The number of pyridine rings is 2. The highest BCUT2D eigenvalue weighted by Gasteiger charge is 2.02. The van der Waals surface area contributed by atoms with Gasteiger partial charge in [0, 0.05) is 23.2 Å². The number of nitrogens with zero attached hydrogens (tertiary/aromatic N) is 2. The number of hydrogen-bond acceptors (Lipinski definition) is 4. The molecule has 4 rings (SSSR count). The fraction of sp³-hybridized carbons (Fsp3) is 0.0909. The molecule has 0 fully saturated rings. The summed E-state index contributed by atoms with van der Waals surface area (Å²) in [4.78, 5) is 8.77. The first kappa shape index (κ1) is 16.1. The molecule has 26 heavy (non-hydrogen) atoms. The highest BCUT2D eigenvalue weighted by atomic mass is 16.5. The fourth-order valence-corrected chi connectivity index (χ4v) is 2.80. The molecule has 0 radical (unpaired) electrons. The molecule has 4 aromatic rings. The van der Waals surface area contributed by atoms with Crippen LogP contribution in [0.4, 0.5) is 0 Å². The molecule has 0 aliphatic rings. The normalized spacial score (nSPS) is 11.2. The van der Waals surface area contributed by atoms with E-state index < -0.39 is 0 Å². The van der Waals surface area contributed by atoms with Gasteiger partial charge in [-0.1, -0.05) is 36.4 Å². The van der Waals surface area contributed by atoms with Crippen LogP contribution in [0, 0.1) is 0 Å². The third kappa shape index (κ3) is 3.49. The Morgan fingerprint density at radius 3 is 1.58 bits per heavy atom. The van der Waals surface area contributed by atoms with Crippen LogP contribution in [0.25, 0.3) is 21.8 Å². The van der Waals surface area contributed by atoms with Crippen LogP contribution in [-0.2, 0) is 0 Å². The van der Waals surface area contributed by atoms with Crippen molar-refractivity contribution in [2.75, 3.05) is 13.2 Å². The first-order valence-corrected chi connectivity index (χ1v) is 8.50. The summed E-state index contributed by atoms with van der Waals surface area (Å²) in [6.07, 6.45) is 7.44. The second-order valence-corrected chi connectivity index (χ2v) is 5.76. The molecule has 0 saturated carbocycles. The summed E-state index contributed by atoms with van der Waals surface area (Å²) < 4.78 is 11.6. The molecular weight excluding hydrogens is 324 g/mol. The molecule has 2 heterocycles. The van der Waals surface area contributed by atoms with Crippen LogP contribution in [0.1, 0.15) is 0 Å². The number of fused-ring (bicyclic) bond motifs is 2. The average Bonchev–Trinajstić information content (AvgIpc) is 2.71. The average molecular weight is 342 g/mol. The van der Waals surface area contributed by atoms with Gasteiger partial charge in [0.05, 0.1) is 0 Å². The Balaban J connectivity index is 1.34. The van der Waals surface area contributed by atoms with Crippen molar-refractivity contribution in [3.8, 4) is 11.5 Å². The lowest BCUT2D eigenvalue weighted by atomic mass is 10.2. The summed E-state index contributed by atoms with van der Waals surface area (Å²) in [5.74, 6) is 1.57. The molecule has 2 aromatic carbocycles. The van der Waals surface area contributed by atoms with Gasteiger partial charge in [0.25, 0.3) is 0 Å². The van der Waals surface area contributed by atoms with Crippen LogP contribution in [0.5, 0.6) is 11.5 Å². The van der Waals surface area contributed by atoms with Gasteiger partial charge in [-0.25, -0.2) is 0 Å². The minimum absolute atomic E-state index is 0.465. The SMILES string of the molecule is C(=C\COc1cccc2cccnc12)/COc1cccc2cccnc12. The molecule has 0 atom stereocenters. The monoisotopic (exact) mass is 342 g/mol. The van der Waals surface area contributed by atoms with Crippen LogP contribution >= 0.6 is 0 Å². The maximum atomic E-state index is 5.82. The molecule has 0 aliphatic heterocycles. The van der Waals surface area contributed by atoms with Crippen molar-refractivity contribution >= 4 is 21.8 Å². The largest absolute Gasteiger partial charge is 0.487 e. The van der Waals surface area contributed by atoms with Crippen molar-refractivity contribution < 1.29 is 9.47 Å². The summed E-state index contributed by atoms with van der Waals surface area (Å²) in [6, 6.07) is 19.8. The maximum absolute atomic E-state index is 5.82. The molecule has 0 saturated heterocycles. The van der Waals surface area contributed by atoms with E-state index in [0.29, 0.717) is 13.2 Å². The van der Waals surface area contributed by atoms with Crippen LogP contribution < -0.4 is 9.47 Å². The highest BCUT2D eigenvalue weighted by molar-refractivity contribution is 5.84. The smallest absolute Gasteiger partial charge is 0.145 e. The molecule has 0 unspecified atom stereocenters. The van der Waals surface area contributed by atoms with Crippen molar-refractivity contribution in [2.45, 2.75) is 0 Å². The number of hydrogen-bond donors (Lipinski definition) is 0. The van der Waals surface area contributed by atoms with Gasteiger partial charge in [0.15, 0.2) is 0 Å². The summed E-state index contributed by atoms with van der Waals surface area (Å²) in [5, 5.41) is 2.14. The minimum atomic E-state index is 0.465. The molecule has 4 heteroatoms. The predicted octanol–water partition coefficient (Wildman–Crippen LogP) is 4.80. The standard InChI is InChI=1S/C22H18N2O2/c1(15-25-19-11-3-7-17-9-5-13-23-21(17)19)2-16-26-20-12-4-8-18-10-6-14-24-22(18)20/h1-14H,15-16H2/b2-1+. The van der Waals surface area contributed by atoms with E-state index in [4.69, 9.17) is 9.47 Å². The number of rotatable bonds is 6. The molecule has 0 bridgehead atoms. The van der Waals surface area contributed by atoms with E-state index in [2.05, 4.69) is 9.97 Å². The van der Waals surface area contributed by atoms with Crippen LogP contribution in [0.15, 0.2) is 85.2 Å². The maximum Gasteiger partial charge on any atom is 0.145 e. The summed E-state index contributed by atoms with van der Waals surface area (Å²) in [6.45, 7) is 0.930. The molecule has 0 aliphatic carbocycles. The zero-order chi connectivity index (χ0) is 17.6. The lowest BCUT2D eigenvalue weighted by Gasteiger charge is -2.07. The molecule has 0 N–H and O–H groups in total.